The molecule has 0 radical (unpaired) electrons. The molecular formula is C12H15F4NO3. The summed E-state index contributed by atoms with van der Waals surface area (Å²) in [6, 6.07) is 0.139. The maximum atomic E-state index is 13.5. The van der Waals surface area contributed by atoms with Gasteiger partial charge in [-0.05, 0) is 25.1 Å². The quantitative estimate of drug-likeness (QED) is 0.621. The molecule has 0 spiro atoms. The molecule has 1 aromatic heterocycles. The highest BCUT2D eigenvalue weighted by Gasteiger charge is 2.50. The van der Waals surface area contributed by atoms with Gasteiger partial charge >= 0.3 is 18.3 Å². The molecule has 8 heteroatoms. The molecule has 0 saturated heterocycles. The second-order valence-corrected chi connectivity index (χ2v) is 4.06. The van der Waals surface area contributed by atoms with E-state index in [1.54, 1.807) is 6.92 Å². The minimum Gasteiger partial charge on any atom is -0.463 e. The number of alkyl halides is 4. The molecule has 0 fully saturated rings. The average Bonchev–Trinajstić information content (AvgIpc) is 2.87. The number of nitrogens with one attached hydrogen (secondary N) is 1. The highest BCUT2D eigenvalue weighted by molar-refractivity contribution is 5.86. The number of rotatable bonds is 7. The number of hydrogen-bond donors (Lipinski definition) is 1. The third-order valence-electron chi connectivity index (χ3n) is 2.57. The van der Waals surface area contributed by atoms with Gasteiger partial charge in [-0.3, -0.25) is 0 Å². The summed E-state index contributed by atoms with van der Waals surface area (Å²) >= 11 is 0. The molecule has 4 nitrogen and oxygen atoms in total. The molecule has 0 saturated carbocycles. The van der Waals surface area contributed by atoms with Crippen molar-refractivity contribution < 1.29 is 31.5 Å². The average molecular weight is 297 g/mol. The SMILES string of the molecule is CCCNC(c1ccc(C(=O)OC)o1)C(F)(F)C(F)F. The molecule has 0 aliphatic rings. The third kappa shape index (κ3) is 3.50. The molecule has 1 rings (SSSR count). The van der Waals surface area contributed by atoms with Crippen LogP contribution in [0.5, 0.6) is 0 Å². The van der Waals surface area contributed by atoms with Gasteiger partial charge in [0, 0.05) is 0 Å². The van der Waals surface area contributed by atoms with Crippen LogP contribution in [0.4, 0.5) is 17.6 Å². The van der Waals surface area contributed by atoms with Crippen LogP contribution in [0.25, 0.3) is 0 Å². The van der Waals surface area contributed by atoms with E-state index in [0.29, 0.717) is 6.42 Å². The van der Waals surface area contributed by atoms with Crippen molar-refractivity contribution >= 4 is 5.97 Å². The Morgan fingerprint density at radius 1 is 1.45 bits per heavy atom. The largest absolute Gasteiger partial charge is 0.463 e. The van der Waals surface area contributed by atoms with Crippen LogP contribution in [0.1, 0.15) is 35.7 Å². The van der Waals surface area contributed by atoms with Gasteiger partial charge in [-0.25, -0.2) is 13.6 Å². The van der Waals surface area contributed by atoms with Crippen molar-refractivity contribution in [3.8, 4) is 0 Å². The van der Waals surface area contributed by atoms with Gasteiger partial charge < -0.3 is 14.5 Å². The van der Waals surface area contributed by atoms with Gasteiger partial charge in [-0.15, -0.1) is 0 Å². The second kappa shape index (κ2) is 6.74. The number of ether oxygens (including phenoxy) is 1. The van der Waals surface area contributed by atoms with Crippen molar-refractivity contribution in [2.45, 2.75) is 31.7 Å². The van der Waals surface area contributed by atoms with Crippen molar-refractivity contribution in [2.24, 2.45) is 0 Å². The first-order chi connectivity index (χ1) is 9.34. The molecule has 114 valence electrons. The van der Waals surface area contributed by atoms with Crippen LogP contribution in [-0.2, 0) is 4.74 Å². The minimum absolute atomic E-state index is 0.0984. The summed E-state index contributed by atoms with van der Waals surface area (Å²) in [5.74, 6) is -5.95. The summed E-state index contributed by atoms with van der Waals surface area (Å²) in [7, 11) is 1.09. The Bertz CT molecular complexity index is 448. The van der Waals surface area contributed by atoms with Crippen molar-refractivity contribution in [3.63, 3.8) is 0 Å². The van der Waals surface area contributed by atoms with E-state index in [2.05, 4.69) is 10.1 Å². The van der Waals surface area contributed by atoms with Crippen LogP contribution in [0.15, 0.2) is 16.5 Å². The summed E-state index contributed by atoms with van der Waals surface area (Å²) in [6.07, 6.45) is -3.39. The number of esters is 1. The predicted molar refractivity (Wildman–Crippen MR) is 62.0 cm³/mol. The number of carbonyl (C=O) groups excluding carboxylic acids is 1. The third-order valence-corrected chi connectivity index (χ3v) is 2.57. The van der Waals surface area contributed by atoms with Gasteiger partial charge in [0.05, 0.1) is 7.11 Å². The van der Waals surface area contributed by atoms with Gasteiger partial charge in [0.1, 0.15) is 11.8 Å². The molecule has 1 heterocycles. The van der Waals surface area contributed by atoms with Gasteiger partial charge in [0.25, 0.3) is 0 Å². The van der Waals surface area contributed by atoms with Crippen LogP contribution >= 0.6 is 0 Å². The first-order valence-electron chi connectivity index (χ1n) is 5.92. The Morgan fingerprint density at radius 2 is 2.10 bits per heavy atom. The van der Waals surface area contributed by atoms with Crippen LogP contribution < -0.4 is 5.32 Å². The fraction of sp³-hybridized carbons (Fsp3) is 0.583. The maximum absolute atomic E-state index is 13.5. The van der Waals surface area contributed by atoms with E-state index < -0.39 is 30.1 Å². The van der Waals surface area contributed by atoms with E-state index in [0.717, 1.165) is 19.2 Å². The zero-order valence-corrected chi connectivity index (χ0v) is 11.0. The fourth-order valence-corrected chi connectivity index (χ4v) is 1.56. The number of furan rings is 1. The van der Waals surface area contributed by atoms with Crippen LogP contribution in [0.3, 0.4) is 0 Å². The van der Waals surface area contributed by atoms with Gasteiger partial charge in [-0.1, -0.05) is 6.92 Å². The van der Waals surface area contributed by atoms with Crippen molar-refractivity contribution in [1.29, 1.82) is 0 Å². The van der Waals surface area contributed by atoms with E-state index in [4.69, 9.17) is 4.42 Å². The molecule has 0 aliphatic heterocycles. The summed E-state index contributed by atoms with van der Waals surface area (Å²) in [5.41, 5.74) is 0. The summed E-state index contributed by atoms with van der Waals surface area (Å²) in [5, 5.41) is 2.30. The molecule has 1 unspecified atom stereocenters. The Hall–Kier alpha value is -1.57. The molecule has 1 aromatic rings. The monoisotopic (exact) mass is 297 g/mol. The summed E-state index contributed by atoms with van der Waals surface area (Å²) in [4.78, 5) is 11.2. The van der Waals surface area contributed by atoms with Crippen molar-refractivity contribution in [3.05, 3.63) is 23.7 Å². The maximum Gasteiger partial charge on any atom is 0.373 e. The highest BCUT2D eigenvalue weighted by atomic mass is 19.3. The molecule has 20 heavy (non-hydrogen) atoms. The molecule has 1 N–H and O–H groups in total. The van der Waals surface area contributed by atoms with Crippen LogP contribution in [-0.4, -0.2) is 32.0 Å². The topological polar surface area (TPSA) is 51.5 Å². The first-order valence-corrected chi connectivity index (χ1v) is 5.92. The Morgan fingerprint density at radius 3 is 2.60 bits per heavy atom. The lowest BCUT2D eigenvalue weighted by molar-refractivity contribution is -0.154. The summed E-state index contributed by atoms with van der Waals surface area (Å²) < 4.78 is 61.3. The van der Waals surface area contributed by atoms with Gasteiger partial charge in [0.2, 0.25) is 5.76 Å². The molecular weight excluding hydrogens is 282 g/mol. The van der Waals surface area contributed by atoms with E-state index >= 15 is 0 Å². The van der Waals surface area contributed by atoms with Crippen molar-refractivity contribution in [2.75, 3.05) is 13.7 Å². The predicted octanol–water partition coefficient (Wildman–Crippen LogP) is 3.01. The highest BCUT2D eigenvalue weighted by Crippen LogP contribution is 2.37. The zero-order chi connectivity index (χ0) is 15.3. The van der Waals surface area contributed by atoms with Gasteiger partial charge in [0.15, 0.2) is 0 Å². The minimum atomic E-state index is -4.32. The van der Waals surface area contributed by atoms with E-state index in [-0.39, 0.29) is 12.3 Å². The molecule has 0 aliphatic carbocycles. The van der Waals surface area contributed by atoms with Crippen LogP contribution in [0, 0.1) is 0 Å². The first kappa shape index (κ1) is 16.5. The van der Waals surface area contributed by atoms with Gasteiger partial charge in [-0.2, -0.15) is 8.78 Å². The molecule has 0 aromatic carbocycles. The van der Waals surface area contributed by atoms with Crippen molar-refractivity contribution in [1.82, 2.24) is 5.32 Å². The number of hydrogen-bond acceptors (Lipinski definition) is 4. The summed E-state index contributed by atoms with van der Waals surface area (Å²) in [6.45, 7) is 1.80. The Kier molecular flexibility index (Phi) is 5.55. The zero-order valence-electron chi connectivity index (χ0n) is 11.0. The number of halogens is 4. The fourth-order valence-electron chi connectivity index (χ4n) is 1.56. The number of carbonyl (C=O) groups is 1. The van der Waals surface area contributed by atoms with E-state index in [1.807, 2.05) is 0 Å². The second-order valence-electron chi connectivity index (χ2n) is 4.06. The molecule has 1 atom stereocenters. The van der Waals surface area contributed by atoms with Crippen LogP contribution in [0.2, 0.25) is 0 Å². The normalized spacial score (nSPS) is 13.6. The Balaban J connectivity index is 3.04. The van der Waals surface area contributed by atoms with E-state index in [1.165, 1.54) is 0 Å². The lowest BCUT2D eigenvalue weighted by Crippen LogP contribution is -2.42. The Labute approximate surface area is 113 Å². The smallest absolute Gasteiger partial charge is 0.373 e. The standard InChI is InChI=1S/C12H15F4NO3/c1-3-6-17-9(12(15,16)11(13)14)7-4-5-8(20-7)10(18)19-2/h4-5,9,11,17H,3,6H2,1-2H3. The molecule has 0 amide bonds. The lowest BCUT2D eigenvalue weighted by Gasteiger charge is -2.25. The molecule has 0 bridgehead atoms. The lowest BCUT2D eigenvalue weighted by atomic mass is 10.1. The number of methoxy groups -OCH3 is 1. The van der Waals surface area contributed by atoms with E-state index in [9.17, 15) is 22.4 Å².